The minimum Gasteiger partial charge on any atom is -0.249 e. The molecule has 8 heavy (non-hydrogen) atoms. The normalized spacial score (nSPS) is 8.12. The number of alkyl halides is 1. The molecule has 1 rings (SSSR count). The Bertz CT molecular complexity index is 129. The molecule has 1 nitrogen and oxygen atoms in total. The highest BCUT2D eigenvalue weighted by Crippen LogP contribution is 2.06. The summed E-state index contributed by atoms with van der Waals surface area (Å²) in [7, 11) is 0. The molecule has 1 aromatic heterocycles. The van der Waals surface area contributed by atoms with E-state index in [1.165, 1.54) is 0 Å². The van der Waals surface area contributed by atoms with Crippen molar-refractivity contribution in [3.8, 4) is 0 Å². The zero-order valence-corrected chi connectivity index (χ0v) is 8.12. The van der Waals surface area contributed by atoms with Gasteiger partial charge in [0.05, 0.1) is 5.33 Å². The molecule has 0 aromatic carbocycles. The Morgan fingerprint density at radius 1 is 1.75 bits per heavy atom. The Hall–Kier alpha value is 0.590. The number of rotatable bonds is 1. The number of nitrogens with zero attached hydrogens (tertiary/aromatic N) is 1. The van der Waals surface area contributed by atoms with E-state index in [4.69, 9.17) is 0 Å². The first kappa shape index (κ1) is 8.59. The molecular formula is C4H5Br2NS. The molecule has 0 radical (unpaired) electrons. The molecule has 4 heteroatoms. The van der Waals surface area contributed by atoms with Crippen LogP contribution in [0.2, 0.25) is 0 Å². The van der Waals surface area contributed by atoms with E-state index in [0.29, 0.717) is 0 Å². The van der Waals surface area contributed by atoms with Gasteiger partial charge >= 0.3 is 0 Å². The Morgan fingerprint density at radius 2 is 2.50 bits per heavy atom. The first-order chi connectivity index (χ1) is 3.43. The van der Waals surface area contributed by atoms with Crippen molar-refractivity contribution in [3.05, 3.63) is 16.6 Å². The van der Waals surface area contributed by atoms with Crippen molar-refractivity contribution in [3.63, 3.8) is 0 Å². The highest BCUT2D eigenvalue weighted by molar-refractivity contribution is 9.08. The predicted molar refractivity (Wildman–Crippen MR) is 45.1 cm³/mol. The van der Waals surface area contributed by atoms with Crippen LogP contribution in [0, 0.1) is 0 Å². The highest BCUT2D eigenvalue weighted by atomic mass is 79.9. The van der Waals surface area contributed by atoms with E-state index < -0.39 is 0 Å². The fourth-order valence-electron chi connectivity index (χ4n) is 0.319. The quantitative estimate of drug-likeness (QED) is 0.706. The maximum Gasteiger partial charge on any atom is 0.103 e. The summed E-state index contributed by atoms with van der Waals surface area (Å²) < 4.78 is 0. The van der Waals surface area contributed by atoms with E-state index in [1.807, 2.05) is 5.38 Å². The van der Waals surface area contributed by atoms with Crippen LogP contribution in [0.15, 0.2) is 11.6 Å². The number of aromatic nitrogens is 1. The SMILES string of the molecule is Br.BrCc1nccs1. The lowest BCUT2D eigenvalue weighted by Crippen LogP contribution is -1.66. The van der Waals surface area contributed by atoms with Crippen LogP contribution in [0.4, 0.5) is 0 Å². The number of hydrogen-bond donors (Lipinski definition) is 0. The Morgan fingerprint density at radius 3 is 2.75 bits per heavy atom. The number of thiazole rings is 1. The van der Waals surface area contributed by atoms with Gasteiger partial charge in [-0.2, -0.15) is 0 Å². The Balaban J connectivity index is 0.000000490. The average Bonchev–Trinajstić information content (AvgIpc) is 2.14. The summed E-state index contributed by atoms with van der Waals surface area (Å²) in [5, 5.41) is 3.99. The third-order valence-corrected chi connectivity index (χ3v) is 2.28. The van der Waals surface area contributed by atoms with Gasteiger partial charge < -0.3 is 0 Å². The molecule has 1 aromatic rings. The summed E-state index contributed by atoms with van der Waals surface area (Å²) in [4.78, 5) is 4.01. The van der Waals surface area contributed by atoms with Gasteiger partial charge in [-0.05, 0) is 0 Å². The molecule has 0 aliphatic rings. The first-order valence-electron chi connectivity index (χ1n) is 1.88. The monoisotopic (exact) mass is 257 g/mol. The van der Waals surface area contributed by atoms with E-state index in [0.717, 1.165) is 10.3 Å². The maximum absolute atomic E-state index is 4.01. The molecule has 0 N–H and O–H groups in total. The molecule has 0 spiro atoms. The summed E-state index contributed by atoms with van der Waals surface area (Å²) in [6, 6.07) is 0. The second-order valence-corrected chi connectivity index (χ2v) is 2.60. The van der Waals surface area contributed by atoms with Crippen molar-refractivity contribution in [1.82, 2.24) is 4.98 Å². The number of halogens is 2. The minimum absolute atomic E-state index is 0. The fourth-order valence-corrected chi connectivity index (χ4v) is 1.32. The molecule has 46 valence electrons. The van der Waals surface area contributed by atoms with Crippen LogP contribution in [0.25, 0.3) is 0 Å². The second kappa shape index (κ2) is 4.47. The molecule has 0 saturated heterocycles. The molecule has 0 unspecified atom stereocenters. The van der Waals surface area contributed by atoms with Crippen LogP contribution in [0.5, 0.6) is 0 Å². The van der Waals surface area contributed by atoms with Gasteiger partial charge in [0, 0.05) is 11.6 Å². The van der Waals surface area contributed by atoms with Gasteiger partial charge in [0.1, 0.15) is 5.01 Å². The summed E-state index contributed by atoms with van der Waals surface area (Å²) in [5.41, 5.74) is 0. The molecule has 1 heterocycles. The van der Waals surface area contributed by atoms with Crippen molar-refractivity contribution >= 4 is 44.2 Å². The third-order valence-electron chi connectivity index (χ3n) is 0.598. The smallest absolute Gasteiger partial charge is 0.103 e. The summed E-state index contributed by atoms with van der Waals surface area (Å²) in [6.07, 6.45) is 1.81. The molecule has 0 atom stereocenters. The molecular weight excluding hydrogens is 254 g/mol. The van der Waals surface area contributed by atoms with Crippen LogP contribution in [0.3, 0.4) is 0 Å². The average molecular weight is 259 g/mol. The third kappa shape index (κ3) is 2.24. The van der Waals surface area contributed by atoms with Gasteiger partial charge in [-0.1, -0.05) is 15.9 Å². The Kier molecular flexibility index (Phi) is 4.80. The molecule has 0 bridgehead atoms. The predicted octanol–water partition coefficient (Wildman–Crippen LogP) is 2.62. The topological polar surface area (TPSA) is 12.9 Å². The van der Waals surface area contributed by atoms with Crippen LogP contribution in [0.1, 0.15) is 5.01 Å². The highest BCUT2D eigenvalue weighted by Gasteiger charge is 1.86. The largest absolute Gasteiger partial charge is 0.249 e. The van der Waals surface area contributed by atoms with E-state index in [-0.39, 0.29) is 17.0 Å². The number of hydrogen-bond acceptors (Lipinski definition) is 2. The standard InChI is InChI=1S/C4H4BrNS.BrH/c5-3-4-6-1-2-7-4;/h1-2H,3H2;1H. The fraction of sp³-hybridized carbons (Fsp3) is 0.250. The summed E-state index contributed by atoms with van der Waals surface area (Å²) >= 11 is 4.95. The lowest BCUT2D eigenvalue weighted by Gasteiger charge is -1.75. The summed E-state index contributed by atoms with van der Waals surface area (Å²) in [5.74, 6) is 0. The van der Waals surface area contributed by atoms with E-state index >= 15 is 0 Å². The van der Waals surface area contributed by atoms with Gasteiger partial charge in [-0.25, -0.2) is 4.98 Å². The lowest BCUT2D eigenvalue weighted by atomic mass is 10.8. The Labute approximate surface area is 71.0 Å². The van der Waals surface area contributed by atoms with E-state index in [2.05, 4.69) is 20.9 Å². The van der Waals surface area contributed by atoms with Crippen molar-refractivity contribution in [2.24, 2.45) is 0 Å². The van der Waals surface area contributed by atoms with Gasteiger partial charge in [-0.3, -0.25) is 0 Å². The zero-order valence-electron chi connectivity index (χ0n) is 4.00. The van der Waals surface area contributed by atoms with E-state index in [9.17, 15) is 0 Å². The first-order valence-corrected chi connectivity index (χ1v) is 3.88. The van der Waals surface area contributed by atoms with Gasteiger partial charge in [0.2, 0.25) is 0 Å². The van der Waals surface area contributed by atoms with Crippen LogP contribution < -0.4 is 0 Å². The van der Waals surface area contributed by atoms with Crippen LogP contribution >= 0.6 is 44.2 Å². The van der Waals surface area contributed by atoms with Gasteiger partial charge in [-0.15, -0.1) is 28.3 Å². The van der Waals surface area contributed by atoms with Crippen molar-refractivity contribution < 1.29 is 0 Å². The molecule has 0 amide bonds. The van der Waals surface area contributed by atoms with Crippen molar-refractivity contribution in [2.75, 3.05) is 0 Å². The molecule has 0 saturated carbocycles. The molecule has 0 aliphatic heterocycles. The van der Waals surface area contributed by atoms with Gasteiger partial charge in [0.15, 0.2) is 0 Å². The maximum atomic E-state index is 4.01. The second-order valence-electron chi connectivity index (χ2n) is 1.06. The van der Waals surface area contributed by atoms with E-state index in [1.54, 1.807) is 17.5 Å². The van der Waals surface area contributed by atoms with Crippen LogP contribution in [-0.4, -0.2) is 4.98 Å². The molecule has 0 fully saturated rings. The lowest BCUT2D eigenvalue weighted by molar-refractivity contribution is 1.28. The van der Waals surface area contributed by atoms with Crippen molar-refractivity contribution in [2.45, 2.75) is 5.33 Å². The van der Waals surface area contributed by atoms with Crippen LogP contribution in [-0.2, 0) is 5.33 Å². The zero-order chi connectivity index (χ0) is 5.11. The molecule has 0 aliphatic carbocycles. The summed E-state index contributed by atoms with van der Waals surface area (Å²) in [6.45, 7) is 0. The van der Waals surface area contributed by atoms with Crippen molar-refractivity contribution in [1.29, 1.82) is 0 Å². The minimum atomic E-state index is 0. The van der Waals surface area contributed by atoms with Gasteiger partial charge in [0.25, 0.3) is 0 Å².